The van der Waals surface area contributed by atoms with Gasteiger partial charge < -0.3 is 16.4 Å². The van der Waals surface area contributed by atoms with Crippen molar-refractivity contribution in [3.63, 3.8) is 0 Å². The van der Waals surface area contributed by atoms with Gasteiger partial charge in [0.1, 0.15) is 0 Å². The summed E-state index contributed by atoms with van der Waals surface area (Å²) in [7, 11) is 0. The molecule has 0 aromatic rings. The van der Waals surface area contributed by atoms with Gasteiger partial charge in [-0.2, -0.15) is 0 Å². The zero-order chi connectivity index (χ0) is 12.1. The zero-order valence-corrected chi connectivity index (χ0v) is 10.2. The van der Waals surface area contributed by atoms with E-state index in [1.54, 1.807) is 0 Å². The topological polar surface area (TPSA) is 79.5 Å². The van der Waals surface area contributed by atoms with E-state index in [9.17, 15) is 4.79 Å². The van der Waals surface area contributed by atoms with Crippen molar-refractivity contribution in [1.82, 2.24) is 10.6 Å². The third-order valence-corrected chi connectivity index (χ3v) is 3.35. The second-order valence-corrected chi connectivity index (χ2v) is 4.96. The molecule has 2 aliphatic rings. The molecular weight excluding hydrogens is 216 g/mol. The quantitative estimate of drug-likeness (QED) is 0.367. The average molecular weight is 238 g/mol. The van der Waals surface area contributed by atoms with E-state index in [1.807, 2.05) is 0 Å². The second-order valence-electron chi connectivity index (χ2n) is 4.96. The minimum absolute atomic E-state index is 0.169. The van der Waals surface area contributed by atoms with Crippen LogP contribution >= 0.6 is 0 Å². The highest BCUT2D eigenvalue weighted by atomic mass is 16.2. The first kappa shape index (κ1) is 12.2. The highest BCUT2D eigenvalue weighted by molar-refractivity contribution is 5.81. The molecule has 0 bridgehead atoms. The Morgan fingerprint density at radius 3 is 2.59 bits per heavy atom. The first-order chi connectivity index (χ1) is 8.25. The average Bonchev–Trinajstić information content (AvgIpc) is 3.04. The van der Waals surface area contributed by atoms with Crippen LogP contribution in [-0.4, -0.2) is 31.0 Å². The summed E-state index contributed by atoms with van der Waals surface area (Å²) in [6, 6.07) is 0.500. The lowest BCUT2D eigenvalue weighted by atomic mass is 10.2. The molecule has 17 heavy (non-hydrogen) atoms. The van der Waals surface area contributed by atoms with Gasteiger partial charge in [-0.25, -0.2) is 0 Å². The molecule has 2 rings (SSSR count). The van der Waals surface area contributed by atoms with Gasteiger partial charge in [-0.1, -0.05) is 12.8 Å². The van der Waals surface area contributed by atoms with Crippen molar-refractivity contribution in [2.24, 2.45) is 16.6 Å². The van der Waals surface area contributed by atoms with E-state index in [4.69, 9.17) is 5.73 Å². The van der Waals surface area contributed by atoms with Crippen molar-refractivity contribution in [1.29, 1.82) is 0 Å². The van der Waals surface area contributed by atoms with Crippen LogP contribution in [0.15, 0.2) is 4.99 Å². The van der Waals surface area contributed by atoms with Gasteiger partial charge in [-0.05, 0) is 25.7 Å². The standard InChI is InChI=1S/C12H22N4O/c13-12(16-10-3-1-2-4-10)15-8-7-14-11(17)9-5-6-9/h9-10H,1-8H2,(H,14,17)(H3,13,15,16). The fourth-order valence-electron chi connectivity index (χ4n) is 2.17. The van der Waals surface area contributed by atoms with Gasteiger partial charge in [0, 0.05) is 18.5 Å². The van der Waals surface area contributed by atoms with Crippen molar-refractivity contribution < 1.29 is 4.79 Å². The summed E-state index contributed by atoms with van der Waals surface area (Å²) in [5, 5.41) is 6.08. The van der Waals surface area contributed by atoms with Gasteiger partial charge in [-0.15, -0.1) is 0 Å². The highest BCUT2D eigenvalue weighted by Crippen LogP contribution is 2.28. The van der Waals surface area contributed by atoms with Crippen molar-refractivity contribution in [3.05, 3.63) is 0 Å². The number of rotatable bonds is 5. The second kappa shape index (κ2) is 5.89. The molecule has 0 spiro atoms. The molecule has 96 valence electrons. The highest BCUT2D eigenvalue weighted by Gasteiger charge is 2.28. The number of hydrogen-bond donors (Lipinski definition) is 3. The SMILES string of the molecule is NC(=NCCNC(=O)C1CC1)NC1CCCC1. The van der Waals surface area contributed by atoms with Crippen molar-refractivity contribution in [2.45, 2.75) is 44.6 Å². The molecule has 1 amide bonds. The smallest absolute Gasteiger partial charge is 0.223 e. The van der Waals surface area contributed by atoms with Crippen LogP contribution in [0.3, 0.4) is 0 Å². The van der Waals surface area contributed by atoms with Gasteiger partial charge in [0.2, 0.25) is 5.91 Å². The third-order valence-electron chi connectivity index (χ3n) is 3.35. The number of nitrogens with one attached hydrogen (secondary N) is 2. The lowest BCUT2D eigenvalue weighted by molar-refractivity contribution is -0.122. The minimum atomic E-state index is 0.169. The van der Waals surface area contributed by atoms with E-state index in [0.717, 1.165) is 12.8 Å². The predicted molar refractivity (Wildman–Crippen MR) is 67.6 cm³/mol. The minimum Gasteiger partial charge on any atom is -0.370 e. The number of carbonyl (C=O) groups excluding carboxylic acids is 1. The van der Waals surface area contributed by atoms with Crippen LogP contribution in [0.1, 0.15) is 38.5 Å². The van der Waals surface area contributed by atoms with Gasteiger partial charge in [-0.3, -0.25) is 9.79 Å². The monoisotopic (exact) mass is 238 g/mol. The molecule has 5 heteroatoms. The number of guanidine groups is 1. The van der Waals surface area contributed by atoms with Crippen LogP contribution in [0.5, 0.6) is 0 Å². The number of hydrogen-bond acceptors (Lipinski definition) is 2. The van der Waals surface area contributed by atoms with Crippen molar-refractivity contribution >= 4 is 11.9 Å². The Bertz CT molecular complexity index is 293. The first-order valence-electron chi connectivity index (χ1n) is 6.60. The maximum Gasteiger partial charge on any atom is 0.223 e. The molecule has 0 aromatic carbocycles. The summed E-state index contributed by atoms with van der Waals surface area (Å²) >= 11 is 0. The number of nitrogens with two attached hydrogens (primary N) is 1. The molecule has 0 heterocycles. The Kier molecular flexibility index (Phi) is 4.23. The van der Waals surface area contributed by atoms with Crippen molar-refractivity contribution in [3.8, 4) is 0 Å². The van der Waals surface area contributed by atoms with E-state index in [-0.39, 0.29) is 11.8 Å². The van der Waals surface area contributed by atoms with Crippen molar-refractivity contribution in [2.75, 3.05) is 13.1 Å². The molecule has 0 radical (unpaired) electrons. The molecule has 0 aromatic heterocycles. The van der Waals surface area contributed by atoms with E-state index in [0.29, 0.717) is 25.1 Å². The number of carbonyl (C=O) groups is 1. The maximum atomic E-state index is 11.3. The Hall–Kier alpha value is -1.26. The van der Waals surface area contributed by atoms with Crippen LogP contribution in [0, 0.1) is 5.92 Å². The summed E-state index contributed by atoms with van der Waals surface area (Å²) in [4.78, 5) is 15.5. The summed E-state index contributed by atoms with van der Waals surface area (Å²) in [5.41, 5.74) is 5.77. The molecule has 4 N–H and O–H groups in total. The summed E-state index contributed by atoms with van der Waals surface area (Å²) in [6.45, 7) is 1.15. The Balaban J connectivity index is 1.56. The predicted octanol–water partition coefficient (Wildman–Crippen LogP) is 0.359. The number of amides is 1. The fourth-order valence-corrected chi connectivity index (χ4v) is 2.17. The van der Waals surface area contributed by atoms with Gasteiger partial charge in [0.15, 0.2) is 5.96 Å². The Labute approximate surface area is 102 Å². The number of aliphatic imine (C=N–C) groups is 1. The molecule has 5 nitrogen and oxygen atoms in total. The largest absolute Gasteiger partial charge is 0.370 e. The normalized spacial score (nSPS) is 21.5. The van der Waals surface area contributed by atoms with Gasteiger partial charge >= 0.3 is 0 Å². The van der Waals surface area contributed by atoms with Crippen LogP contribution in [0.25, 0.3) is 0 Å². The van der Waals surface area contributed by atoms with E-state index in [1.165, 1.54) is 25.7 Å². The maximum absolute atomic E-state index is 11.3. The Morgan fingerprint density at radius 1 is 1.24 bits per heavy atom. The molecule has 0 saturated heterocycles. The van der Waals surface area contributed by atoms with Crippen LogP contribution in [0.2, 0.25) is 0 Å². The fraction of sp³-hybridized carbons (Fsp3) is 0.833. The summed E-state index contributed by atoms with van der Waals surface area (Å²) in [6.07, 6.45) is 7.02. The molecule has 0 atom stereocenters. The molecule has 2 fully saturated rings. The molecule has 2 aliphatic carbocycles. The lowest BCUT2D eigenvalue weighted by Gasteiger charge is -2.12. The molecule has 0 unspecified atom stereocenters. The van der Waals surface area contributed by atoms with Crippen LogP contribution in [0.4, 0.5) is 0 Å². The van der Waals surface area contributed by atoms with Crippen LogP contribution in [-0.2, 0) is 4.79 Å². The number of nitrogens with zero attached hydrogens (tertiary/aromatic N) is 1. The summed E-state index contributed by atoms with van der Waals surface area (Å²) < 4.78 is 0. The molecular formula is C12H22N4O. The first-order valence-corrected chi connectivity index (χ1v) is 6.60. The Morgan fingerprint density at radius 2 is 1.94 bits per heavy atom. The molecule has 0 aliphatic heterocycles. The van der Waals surface area contributed by atoms with E-state index < -0.39 is 0 Å². The summed E-state index contributed by atoms with van der Waals surface area (Å²) in [5.74, 6) is 0.952. The molecule has 2 saturated carbocycles. The van der Waals surface area contributed by atoms with Gasteiger partial charge in [0.05, 0.1) is 6.54 Å². The third kappa shape index (κ3) is 4.24. The zero-order valence-electron chi connectivity index (χ0n) is 10.2. The van der Waals surface area contributed by atoms with E-state index >= 15 is 0 Å². The van der Waals surface area contributed by atoms with Gasteiger partial charge in [0.25, 0.3) is 0 Å². The van der Waals surface area contributed by atoms with E-state index in [2.05, 4.69) is 15.6 Å². The lowest BCUT2D eigenvalue weighted by Crippen LogP contribution is -2.39. The van der Waals surface area contributed by atoms with Crippen LogP contribution < -0.4 is 16.4 Å².